The highest BCUT2D eigenvalue weighted by atomic mass is 35.5. The summed E-state index contributed by atoms with van der Waals surface area (Å²) in [7, 11) is 4.22. The molecule has 2 atom stereocenters. The first-order valence-corrected chi connectivity index (χ1v) is 10.8. The van der Waals surface area contributed by atoms with Gasteiger partial charge in [0.15, 0.2) is 0 Å². The summed E-state index contributed by atoms with van der Waals surface area (Å²) >= 11 is 6.21. The molecule has 2 aromatic rings. The molecule has 1 N–H and O–H groups in total. The number of aryl methyl sites for hydroxylation is 1. The molecule has 5 nitrogen and oxygen atoms in total. The Bertz CT molecular complexity index is 1080. The van der Waals surface area contributed by atoms with E-state index in [-0.39, 0.29) is 17.9 Å². The zero-order valence-corrected chi connectivity index (χ0v) is 18.0. The number of carbonyl (C=O) groups is 1. The van der Waals surface area contributed by atoms with E-state index in [1.807, 2.05) is 36.5 Å². The minimum Gasteiger partial charge on any atom is -0.369 e. The van der Waals surface area contributed by atoms with Gasteiger partial charge in [0.05, 0.1) is 11.7 Å². The van der Waals surface area contributed by atoms with Crippen LogP contribution in [0.2, 0.25) is 5.02 Å². The van der Waals surface area contributed by atoms with Gasteiger partial charge in [0, 0.05) is 60.3 Å². The van der Waals surface area contributed by atoms with Crippen LogP contribution in [0.4, 0.5) is 0 Å². The molecule has 30 heavy (non-hydrogen) atoms. The minimum absolute atomic E-state index is 0.0310. The van der Waals surface area contributed by atoms with Gasteiger partial charge in [-0.2, -0.15) is 0 Å². The maximum Gasteiger partial charge on any atom is 0.253 e. The molecule has 5 rings (SSSR count). The second kappa shape index (κ2) is 7.56. The van der Waals surface area contributed by atoms with Gasteiger partial charge >= 0.3 is 0 Å². The topological polar surface area (TPSA) is 48.5 Å². The maximum absolute atomic E-state index is 13.1. The Morgan fingerprint density at radius 2 is 2.10 bits per heavy atom. The summed E-state index contributed by atoms with van der Waals surface area (Å²) in [4.78, 5) is 22.3. The molecule has 1 amide bonds. The summed E-state index contributed by atoms with van der Waals surface area (Å²) in [5, 5.41) is 3.68. The Kier molecular flexibility index (Phi) is 4.88. The van der Waals surface area contributed by atoms with E-state index in [9.17, 15) is 4.79 Å². The van der Waals surface area contributed by atoms with E-state index in [2.05, 4.69) is 35.3 Å². The van der Waals surface area contributed by atoms with Crippen molar-refractivity contribution >= 4 is 17.5 Å². The van der Waals surface area contributed by atoms with Gasteiger partial charge in [-0.15, -0.1) is 0 Å². The third kappa shape index (κ3) is 3.22. The zero-order chi connectivity index (χ0) is 20.8. The van der Waals surface area contributed by atoms with Gasteiger partial charge in [0.25, 0.3) is 5.91 Å². The normalized spacial score (nSPS) is 24.9. The zero-order valence-electron chi connectivity index (χ0n) is 17.2. The van der Waals surface area contributed by atoms with Crippen LogP contribution in [0.5, 0.6) is 0 Å². The highest BCUT2D eigenvalue weighted by molar-refractivity contribution is 6.30. The summed E-state index contributed by atoms with van der Waals surface area (Å²) < 4.78 is 0. The molecule has 0 spiro atoms. The monoisotopic (exact) mass is 420 g/mol. The first-order valence-electron chi connectivity index (χ1n) is 10.4. The van der Waals surface area contributed by atoms with Crippen molar-refractivity contribution in [3.63, 3.8) is 0 Å². The van der Waals surface area contributed by atoms with Crippen molar-refractivity contribution in [3.05, 3.63) is 76.2 Å². The lowest BCUT2D eigenvalue weighted by molar-refractivity contribution is -0.117. The van der Waals surface area contributed by atoms with Crippen LogP contribution in [0.15, 0.2) is 60.1 Å². The number of hydrogen-bond donors (Lipinski definition) is 1. The fourth-order valence-corrected chi connectivity index (χ4v) is 5.28. The molecule has 3 aliphatic rings. The summed E-state index contributed by atoms with van der Waals surface area (Å²) in [6.07, 6.45) is 7.67. The van der Waals surface area contributed by atoms with Crippen LogP contribution in [-0.2, 0) is 11.2 Å². The highest BCUT2D eigenvalue weighted by Crippen LogP contribution is 2.49. The minimum atomic E-state index is 0.0310. The summed E-state index contributed by atoms with van der Waals surface area (Å²) in [5.41, 5.74) is 6.55. The van der Waals surface area contributed by atoms with Gasteiger partial charge in [-0.05, 0) is 49.2 Å². The van der Waals surface area contributed by atoms with E-state index < -0.39 is 0 Å². The van der Waals surface area contributed by atoms with E-state index in [1.54, 1.807) is 6.20 Å². The lowest BCUT2D eigenvalue weighted by atomic mass is 9.77. The quantitative estimate of drug-likeness (QED) is 0.762. The predicted molar refractivity (Wildman–Crippen MR) is 119 cm³/mol. The Balaban J connectivity index is 1.57. The maximum atomic E-state index is 13.1. The first-order chi connectivity index (χ1) is 14.5. The highest BCUT2D eigenvalue weighted by Gasteiger charge is 2.45. The average molecular weight is 421 g/mol. The molecule has 2 aliphatic heterocycles. The molecule has 0 fully saturated rings. The van der Waals surface area contributed by atoms with Gasteiger partial charge in [-0.1, -0.05) is 29.8 Å². The Hall–Kier alpha value is -2.63. The number of carbonyl (C=O) groups excluding carboxylic acids is 1. The van der Waals surface area contributed by atoms with Crippen molar-refractivity contribution < 1.29 is 4.79 Å². The largest absolute Gasteiger partial charge is 0.369 e. The molecular weight excluding hydrogens is 396 g/mol. The average Bonchev–Trinajstić information content (AvgIpc) is 3.05. The Morgan fingerprint density at radius 1 is 1.23 bits per heavy atom. The number of fused-ring (bicyclic) bond motifs is 4. The molecule has 6 heteroatoms. The third-order valence-electron chi connectivity index (χ3n) is 6.51. The van der Waals surface area contributed by atoms with Crippen molar-refractivity contribution in [1.29, 1.82) is 0 Å². The number of benzene rings is 1. The second-order valence-electron chi connectivity index (χ2n) is 8.41. The van der Waals surface area contributed by atoms with Crippen LogP contribution >= 0.6 is 11.6 Å². The molecule has 1 aromatic carbocycles. The summed E-state index contributed by atoms with van der Waals surface area (Å²) in [6.45, 7) is 1.57. The summed E-state index contributed by atoms with van der Waals surface area (Å²) in [5.74, 6) is 0.218. The van der Waals surface area contributed by atoms with Gasteiger partial charge in [0.2, 0.25) is 0 Å². The van der Waals surface area contributed by atoms with E-state index in [0.717, 1.165) is 48.5 Å². The van der Waals surface area contributed by atoms with Crippen LogP contribution in [0, 0.1) is 5.92 Å². The fourth-order valence-electron chi connectivity index (χ4n) is 5.09. The molecule has 0 saturated carbocycles. The molecule has 3 heterocycles. The van der Waals surface area contributed by atoms with E-state index in [0.29, 0.717) is 5.02 Å². The van der Waals surface area contributed by atoms with Gasteiger partial charge in [0.1, 0.15) is 0 Å². The van der Waals surface area contributed by atoms with Crippen LogP contribution in [0.25, 0.3) is 11.3 Å². The van der Waals surface area contributed by atoms with Crippen molar-refractivity contribution in [1.82, 2.24) is 20.1 Å². The number of likely N-dealkylation sites (N-methyl/N-ethyl adjacent to an activating group) is 2. The molecule has 0 bridgehead atoms. The Labute approximate surface area is 182 Å². The van der Waals surface area contributed by atoms with Gasteiger partial charge in [-0.3, -0.25) is 14.7 Å². The van der Waals surface area contributed by atoms with E-state index >= 15 is 0 Å². The van der Waals surface area contributed by atoms with Crippen LogP contribution in [0.1, 0.15) is 23.6 Å². The predicted octanol–water partition coefficient (Wildman–Crippen LogP) is 3.78. The molecular formula is C24H25ClN4O. The number of rotatable bonds is 1. The SMILES string of the molecule is CN1C/C=C/NC(=O)C2=C(C1)N(C)C1c3cc(-c4cccc(Cl)c4)ncc3CCC21. The van der Waals surface area contributed by atoms with Crippen molar-refractivity contribution in [3.8, 4) is 11.3 Å². The standard InChI is InChI=1S/C24H25ClN4O/c1-28-10-4-9-26-24(30)22-18-8-7-16-13-27-20(15-5-3-6-17(25)11-15)12-19(16)23(18)29(2)21(22)14-28/h3-6,9,11-13,18,23H,7-8,10,14H2,1-2H3,(H,26,30)/b9-4+. The fraction of sp³-hybridized carbons (Fsp3) is 0.333. The smallest absolute Gasteiger partial charge is 0.253 e. The first kappa shape index (κ1) is 19.3. The van der Waals surface area contributed by atoms with Crippen molar-refractivity contribution in [2.45, 2.75) is 18.9 Å². The third-order valence-corrected chi connectivity index (χ3v) is 6.74. The van der Waals surface area contributed by atoms with Gasteiger partial charge in [-0.25, -0.2) is 0 Å². The van der Waals surface area contributed by atoms with Gasteiger partial charge < -0.3 is 10.2 Å². The molecule has 0 saturated heterocycles. The lowest BCUT2D eigenvalue weighted by Gasteiger charge is -2.35. The lowest BCUT2D eigenvalue weighted by Crippen LogP contribution is -2.31. The molecule has 0 radical (unpaired) electrons. The second-order valence-corrected chi connectivity index (χ2v) is 8.85. The number of pyridine rings is 1. The number of aromatic nitrogens is 1. The molecule has 1 aliphatic carbocycles. The number of hydrogen-bond acceptors (Lipinski definition) is 4. The van der Waals surface area contributed by atoms with Crippen molar-refractivity contribution in [2.24, 2.45) is 5.92 Å². The van der Waals surface area contributed by atoms with Crippen LogP contribution in [0.3, 0.4) is 0 Å². The molecule has 2 unspecified atom stereocenters. The molecule has 1 aromatic heterocycles. The summed E-state index contributed by atoms with van der Waals surface area (Å²) in [6, 6.07) is 10.2. The molecule has 154 valence electrons. The van der Waals surface area contributed by atoms with E-state index in [1.165, 1.54) is 11.1 Å². The number of amides is 1. The van der Waals surface area contributed by atoms with Crippen LogP contribution < -0.4 is 5.32 Å². The number of halogens is 1. The van der Waals surface area contributed by atoms with E-state index in [4.69, 9.17) is 16.6 Å². The number of nitrogens with zero attached hydrogens (tertiary/aromatic N) is 3. The van der Waals surface area contributed by atoms with Crippen molar-refractivity contribution in [2.75, 3.05) is 27.2 Å². The Morgan fingerprint density at radius 3 is 2.93 bits per heavy atom. The van der Waals surface area contributed by atoms with Crippen LogP contribution in [-0.4, -0.2) is 47.9 Å². The number of nitrogens with one attached hydrogen (secondary N) is 1.